The van der Waals surface area contributed by atoms with Crippen LogP contribution in [0.3, 0.4) is 0 Å². The minimum atomic E-state index is -0.634. The molecule has 1 aliphatic carbocycles. The van der Waals surface area contributed by atoms with Gasteiger partial charge in [0, 0.05) is 0 Å². The van der Waals surface area contributed by atoms with Gasteiger partial charge in [0.05, 0.1) is 5.92 Å². The molecule has 0 aromatic carbocycles. The molecule has 1 N–H and O–H groups in total. The Morgan fingerprint density at radius 3 is 2.57 bits per heavy atom. The molecule has 1 saturated carbocycles. The molecule has 1 rings (SSSR count). The average Bonchev–Trinajstić information content (AvgIpc) is 2.24. The number of carbonyl (C=O) groups is 1. The van der Waals surface area contributed by atoms with Crippen LogP contribution in [0.25, 0.3) is 0 Å². The molecule has 2 unspecified atom stereocenters. The lowest BCUT2D eigenvalue weighted by Crippen LogP contribution is -2.32. The van der Waals surface area contributed by atoms with Crippen LogP contribution in [0.1, 0.15) is 52.9 Å². The maximum atomic E-state index is 11.0. The first kappa shape index (κ1) is 11.5. The van der Waals surface area contributed by atoms with E-state index in [0.29, 0.717) is 5.92 Å². The molecule has 0 spiro atoms. The van der Waals surface area contributed by atoms with Crippen LogP contribution in [0.15, 0.2) is 0 Å². The van der Waals surface area contributed by atoms with E-state index < -0.39 is 5.97 Å². The summed E-state index contributed by atoms with van der Waals surface area (Å²) < 4.78 is 0. The standard InChI is InChI=1S/C12H22O2/c1-9(11(13)14)10-7-5-4-6-8-12(10,2)3/h9-10H,4-8H2,1-3H3,(H,13,14). The zero-order valence-electron chi connectivity index (χ0n) is 9.55. The summed E-state index contributed by atoms with van der Waals surface area (Å²) >= 11 is 0. The molecule has 1 aliphatic rings. The van der Waals surface area contributed by atoms with E-state index in [9.17, 15) is 4.79 Å². The van der Waals surface area contributed by atoms with E-state index in [-0.39, 0.29) is 11.3 Å². The molecule has 2 atom stereocenters. The van der Waals surface area contributed by atoms with Gasteiger partial charge < -0.3 is 5.11 Å². The van der Waals surface area contributed by atoms with Gasteiger partial charge in [-0.2, -0.15) is 0 Å². The second-order valence-electron chi connectivity index (χ2n) is 5.32. The topological polar surface area (TPSA) is 37.3 Å². The summed E-state index contributed by atoms with van der Waals surface area (Å²) in [6, 6.07) is 0. The van der Waals surface area contributed by atoms with Gasteiger partial charge in [-0.3, -0.25) is 4.79 Å². The van der Waals surface area contributed by atoms with Crippen molar-refractivity contribution in [1.82, 2.24) is 0 Å². The van der Waals surface area contributed by atoms with Crippen molar-refractivity contribution >= 4 is 5.97 Å². The monoisotopic (exact) mass is 198 g/mol. The molecule has 2 heteroatoms. The van der Waals surface area contributed by atoms with Gasteiger partial charge in [-0.15, -0.1) is 0 Å². The normalized spacial score (nSPS) is 29.2. The molecule has 14 heavy (non-hydrogen) atoms. The van der Waals surface area contributed by atoms with Gasteiger partial charge in [-0.1, -0.05) is 40.0 Å². The highest BCUT2D eigenvalue weighted by Crippen LogP contribution is 2.43. The third kappa shape index (κ3) is 2.49. The number of aliphatic carboxylic acids is 1. The van der Waals surface area contributed by atoms with Crippen LogP contribution in [-0.4, -0.2) is 11.1 Å². The average molecular weight is 198 g/mol. The van der Waals surface area contributed by atoms with Crippen LogP contribution in [0.4, 0.5) is 0 Å². The van der Waals surface area contributed by atoms with Gasteiger partial charge in [0.1, 0.15) is 0 Å². The van der Waals surface area contributed by atoms with Crippen LogP contribution in [-0.2, 0) is 4.79 Å². The van der Waals surface area contributed by atoms with Crippen LogP contribution in [0, 0.1) is 17.3 Å². The van der Waals surface area contributed by atoms with Crippen molar-refractivity contribution in [2.75, 3.05) is 0 Å². The summed E-state index contributed by atoms with van der Waals surface area (Å²) in [5, 5.41) is 9.06. The Labute approximate surface area is 86.7 Å². The van der Waals surface area contributed by atoms with Gasteiger partial charge in [-0.25, -0.2) is 0 Å². The van der Waals surface area contributed by atoms with Gasteiger partial charge in [0.15, 0.2) is 0 Å². The Kier molecular flexibility index (Phi) is 3.57. The van der Waals surface area contributed by atoms with Crippen molar-refractivity contribution in [3.63, 3.8) is 0 Å². The third-order valence-electron chi connectivity index (χ3n) is 3.83. The summed E-state index contributed by atoms with van der Waals surface area (Å²) in [5.41, 5.74) is 0.203. The summed E-state index contributed by atoms with van der Waals surface area (Å²) in [6.07, 6.45) is 5.99. The first-order chi connectivity index (χ1) is 6.45. The van der Waals surface area contributed by atoms with Gasteiger partial charge >= 0.3 is 5.97 Å². The number of rotatable bonds is 2. The lowest BCUT2D eigenvalue weighted by molar-refractivity contribution is -0.144. The predicted molar refractivity (Wildman–Crippen MR) is 57.2 cm³/mol. The molecule has 0 aromatic rings. The Bertz CT molecular complexity index is 208. The number of hydrogen-bond acceptors (Lipinski definition) is 1. The van der Waals surface area contributed by atoms with E-state index in [0.717, 1.165) is 6.42 Å². The highest BCUT2D eigenvalue weighted by molar-refractivity contribution is 5.70. The lowest BCUT2D eigenvalue weighted by Gasteiger charge is -2.35. The summed E-state index contributed by atoms with van der Waals surface area (Å²) in [4.78, 5) is 11.0. The van der Waals surface area contributed by atoms with Crippen LogP contribution < -0.4 is 0 Å². The number of hydrogen-bond donors (Lipinski definition) is 1. The smallest absolute Gasteiger partial charge is 0.306 e. The van der Waals surface area contributed by atoms with Crippen molar-refractivity contribution in [3.05, 3.63) is 0 Å². The molecule has 0 saturated heterocycles. The first-order valence-corrected chi connectivity index (χ1v) is 5.68. The maximum Gasteiger partial charge on any atom is 0.306 e. The second-order valence-corrected chi connectivity index (χ2v) is 5.32. The van der Waals surface area contributed by atoms with E-state index in [4.69, 9.17) is 5.11 Å². The van der Waals surface area contributed by atoms with Crippen molar-refractivity contribution in [2.45, 2.75) is 52.9 Å². The SMILES string of the molecule is CC(C(=O)O)C1CCCCCC1(C)C. The predicted octanol–water partition coefficient (Wildman–Crippen LogP) is 3.31. The summed E-state index contributed by atoms with van der Waals surface area (Å²) in [7, 11) is 0. The minimum Gasteiger partial charge on any atom is -0.481 e. The molecule has 2 nitrogen and oxygen atoms in total. The second kappa shape index (κ2) is 4.33. The van der Waals surface area contributed by atoms with Gasteiger partial charge in [0.2, 0.25) is 0 Å². The highest BCUT2D eigenvalue weighted by Gasteiger charge is 2.37. The molecule has 0 aromatic heterocycles. The minimum absolute atomic E-state index is 0.192. The van der Waals surface area contributed by atoms with E-state index in [1.54, 1.807) is 0 Å². The Balaban J connectivity index is 2.76. The van der Waals surface area contributed by atoms with Crippen LogP contribution >= 0.6 is 0 Å². The van der Waals surface area contributed by atoms with E-state index >= 15 is 0 Å². The number of carboxylic acid groups (broad SMARTS) is 1. The molecule has 0 aliphatic heterocycles. The maximum absolute atomic E-state index is 11.0. The zero-order valence-corrected chi connectivity index (χ0v) is 9.55. The molecule has 0 heterocycles. The molecule has 0 bridgehead atoms. The third-order valence-corrected chi connectivity index (χ3v) is 3.83. The summed E-state index contributed by atoms with van der Waals surface area (Å²) in [5.74, 6) is -0.476. The molecule has 0 radical (unpaired) electrons. The van der Waals surface area contributed by atoms with Crippen molar-refractivity contribution in [2.24, 2.45) is 17.3 Å². The van der Waals surface area contributed by atoms with Crippen LogP contribution in [0.2, 0.25) is 0 Å². The molecule has 82 valence electrons. The van der Waals surface area contributed by atoms with Gasteiger partial charge in [0.25, 0.3) is 0 Å². The molecule has 0 amide bonds. The molecular formula is C12H22O2. The fourth-order valence-electron chi connectivity index (χ4n) is 2.80. The van der Waals surface area contributed by atoms with E-state index in [1.807, 2.05) is 6.92 Å². The Morgan fingerprint density at radius 1 is 1.36 bits per heavy atom. The lowest BCUT2D eigenvalue weighted by atomic mass is 9.69. The quantitative estimate of drug-likeness (QED) is 0.691. The molecule has 1 fully saturated rings. The van der Waals surface area contributed by atoms with Crippen molar-refractivity contribution in [1.29, 1.82) is 0 Å². The fourth-order valence-corrected chi connectivity index (χ4v) is 2.80. The highest BCUT2D eigenvalue weighted by atomic mass is 16.4. The van der Waals surface area contributed by atoms with Gasteiger partial charge in [-0.05, 0) is 24.2 Å². The Morgan fingerprint density at radius 2 is 2.00 bits per heavy atom. The van der Waals surface area contributed by atoms with E-state index in [1.165, 1.54) is 25.7 Å². The van der Waals surface area contributed by atoms with Crippen molar-refractivity contribution in [3.8, 4) is 0 Å². The zero-order chi connectivity index (χ0) is 10.8. The van der Waals surface area contributed by atoms with Crippen molar-refractivity contribution < 1.29 is 9.90 Å². The van der Waals surface area contributed by atoms with E-state index in [2.05, 4.69) is 13.8 Å². The summed E-state index contributed by atoms with van der Waals surface area (Å²) in [6.45, 7) is 6.31. The first-order valence-electron chi connectivity index (χ1n) is 5.68. The molecular weight excluding hydrogens is 176 g/mol. The fraction of sp³-hybridized carbons (Fsp3) is 0.917. The largest absolute Gasteiger partial charge is 0.481 e. The Hall–Kier alpha value is -0.530. The number of carboxylic acids is 1. The van der Waals surface area contributed by atoms with Crippen LogP contribution in [0.5, 0.6) is 0 Å².